The topological polar surface area (TPSA) is 141 Å². The SMILES string of the molecule is C=CC1=C(C)C2=NC1=CC1=NC(=CC3=NC(=CC4=NC(=C2)C(C=O)=C4C)C(C)=C3CCC(=O)O)C(CCC(=O)O)=C1C. The second kappa shape index (κ2) is 11.1. The highest BCUT2D eigenvalue weighted by atomic mass is 16.4. The Morgan fingerprint density at radius 2 is 1.10 bits per heavy atom. The van der Waals surface area contributed by atoms with Crippen molar-refractivity contribution < 1.29 is 24.6 Å². The summed E-state index contributed by atoms with van der Waals surface area (Å²) in [6.45, 7) is 11.5. The lowest BCUT2D eigenvalue weighted by Crippen LogP contribution is -2.03. The van der Waals surface area contributed by atoms with E-state index in [1.165, 1.54) is 0 Å². The average molecular weight is 563 g/mol. The standard InChI is InChI=1S/C33H30N4O5/c1-6-20-16(2)26-13-31-23(15-38)19(5)25(37-31)11-24-17(3)21(7-9-32(39)40)29(35-24)14-30-22(8-10-33(41)42)18(4)27(36-30)12-28(20)34-26/h6,11-15H,1,7-10H2,2-5H3,(H,39,40)(H,41,42). The molecule has 0 spiro atoms. The van der Waals surface area contributed by atoms with Gasteiger partial charge in [0.1, 0.15) is 0 Å². The van der Waals surface area contributed by atoms with E-state index in [0.29, 0.717) is 56.8 Å². The Labute approximate surface area is 243 Å². The van der Waals surface area contributed by atoms with Gasteiger partial charge in [0.05, 0.1) is 45.6 Å². The first kappa shape index (κ1) is 28.5. The summed E-state index contributed by atoms with van der Waals surface area (Å²) in [5.41, 5.74) is 10.8. The highest BCUT2D eigenvalue weighted by Gasteiger charge is 2.28. The number of carbonyl (C=O) groups excluding carboxylic acids is 1. The van der Waals surface area contributed by atoms with Gasteiger partial charge in [0.25, 0.3) is 0 Å². The molecule has 0 amide bonds. The maximum absolute atomic E-state index is 12.1. The largest absolute Gasteiger partial charge is 0.481 e. The Bertz CT molecular complexity index is 1770. The molecule has 8 bridgehead atoms. The maximum atomic E-state index is 12.1. The van der Waals surface area contributed by atoms with Crippen LogP contribution in [0.2, 0.25) is 0 Å². The van der Waals surface area contributed by atoms with Gasteiger partial charge in [-0.3, -0.25) is 14.4 Å². The van der Waals surface area contributed by atoms with Crippen molar-refractivity contribution in [2.24, 2.45) is 20.0 Å². The molecule has 212 valence electrons. The van der Waals surface area contributed by atoms with Crippen LogP contribution < -0.4 is 0 Å². The summed E-state index contributed by atoms with van der Waals surface area (Å²) in [7, 11) is 0. The van der Waals surface area contributed by atoms with Gasteiger partial charge in [-0.25, -0.2) is 20.0 Å². The fraction of sp³-hybridized carbons (Fsp3) is 0.242. The highest BCUT2D eigenvalue weighted by molar-refractivity contribution is 6.21. The molecule has 0 unspecified atom stereocenters. The van der Waals surface area contributed by atoms with Crippen molar-refractivity contribution in [3.8, 4) is 0 Å². The average Bonchev–Trinajstić information content (AvgIpc) is 3.59. The van der Waals surface area contributed by atoms with Gasteiger partial charge in [0.2, 0.25) is 0 Å². The monoisotopic (exact) mass is 562 g/mol. The number of carboxylic acids is 2. The molecule has 0 aromatic rings. The van der Waals surface area contributed by atoms with E-state index in [2.05, 4.69) is 6.58 Å². The van der Waals surface area contributed by atoms with Gasteiger partial charge in [-0.2, -0.15) is 0 Å². The molecule has 2 N–H and O–H groups in total. The smallest absolute Gasteiger partial charge is 0.303 e. The lowest BCUT2D eigenvalue weighted by Gasteiger charge is -2.07. The van der Waals surface area contributed by atoms with Gasteiger partial charge in [-0.05, 0) is 98.3 Å². The minimum atomic E-state index is -0.925. The van der Waals surface area contributed by atoms with Crippen LogP contribution in [-0.4, -0.2) is 51.3 Å². The van der Waals surface area contributed by atoms with Crippen LogP contribution in [0.3, 0.4) is 0 Å². The molecule has 0 aliphatic carbocycles. The van der Waals surface area contributed by atoms with E-state index in [4.69, 9.17) is 20.0 Å². The van der Waals surface area contributed by atoms with Gasteiger partial charge >= 0.3 is 11.9 Å². The molecule has 0 aromatic heterocycles. The maximum Gasteiger partial charge on any atom is 0.303 e. The van der Waals surface area contributed by atoms with E-state index in [1.807, 2.05) is 39.8 Å². The Morgan fingerprint density at radius 1 is 0.643 bits per heavy atom. The van der Waals surface area contributed by atoms with E-state index in [0.717, 1.165) is 39.7 Å². The van der Waals surface area contributed by atoms with Crippen molar-refractivity contribution in [2.75, 3.05) is 0 Å². The van der Waals surface area contributed by atoms with Crippen molar-refractivity contribution in [3.05, 3.63) is 104 Å². The first-order valence-electron chi connectivity index (χ1n) is 13.6. The van der Waals surface area contributed by atoms with Crippen LogP contribution in [0, 0.1) is 0 Å². The van der Waals surface area contributed by atoms with Crippen molar-refractivity contribution in [1.82, 2.24) is 0 Å². The van der Waals surface area contributed by atoms with Crippen LogP contribution in [0.4, 0.5) is 0 Å². The molecule has 0 saturated heterocycles. The second-order valence-electron chi connectivity index (χ2n) is 10.5. The number of nitrogens with zero attached hydrogens (tertiary/aromatic N) is 4. The number of fused-ring (bicyclic) bond motifs is 4. The van der Waals surface area contributed by atoms with Gasteiger partial charge in [-0.15, -0.1) is 0 Å². The summed E-state index contributed by atoms with van der Waals surface area (Å²) < 4.78 is 0. The van der Waals surface area contributed by atoms with Gasteiger partial charge in [0, 0.05) is 24.0 Å². The highest BCUT2D eigenvalue weighted by Crippen LogP contribution is 2.37. The summed E-state index contributed by atoms with van der Waals surface area (Å²) in [5.74, 6) is -1.84. The molecule has 5 aliphatic heterocycles. The predicted molar refractivity (Wildman–Crippen MR) is 163 cm³/mol. The molecule has 0 radical (unpaired) electrons. The van der Waals surface area contributed by atoms with Crippen molar-refractivity contribution >= 4 is 41.1 Å². The number of carbonyl (C=O) groups is 3. The third kappa shape index (κ3) is 5.09. The molecular weight excluding hydrogens is 532 g/mol. The summed E-state index contributed by atoms with van der Waals surface area (Å²) in [6.07, 6.45) is 10.1. The number of carboxylic acid groups (broad SMARTS) is 2. The van der Waals surface area contributed by atoms with E-state index < -0.39 is 11.9 Å². The fourth-order valence-electron chi connectivity index (χ4n) is 5.50. The first-order chi connectivity index (χ1) is 20.0. The zero-order valence-electron chi connectivity index (χ0n) is 23.9. The molecule has 0 saturated carbocycles. The number of rotatable bonds is 8. The first-order valence-corrected chi connectivity index (χ1v) is 13.6. The molecule has 5 aliphatic rings. The number of hydrogen-bond donors (Lipinski definition) is 2. The van der Waals surface area contributed by atoms with Gasteiger partial charge in [0.15, 0.2) is 6.29 Å². The van der Waals surface area contributed by atoms with E-state index in [1.54, 1.807) is 18.2 Å². The molecule has 9 heteroatoms. The van der Waals surface area contributed by atoms with E-state index in [-0.39, 0.29) is 25.7 Å². The Hall–Kier alpha value is -5.05. The van der Waals surface area contributed by atoms with E-state index in [9.17, 15) is 24.6 Å². The zero-order valence-corrected chi connectivity index (χ0v) is 23.9. The van der Waals surface area contributed by atoms with Crippen LogP contribution in [0.15, 0.2) is 124 Å². The van der Waals surface area contributed by atoms with Gasteiger partial charge in [-0.1, -0.05) is 12.7 Å². The lowest BCUT2D eigenvalue weighted by molar-refractivity contribution is -0.137. The Morgan fingerprint density at radius 3 is 1.67 bits per heavy atom. The predicted octanol–water partition coefficient (Wildman–Crippen LogP) is 5.73. The van der Waals surface area contributed by atoms with Crippen LogP contribution in [0.25, 0.3) is 0 Å². The molecule has 9 nitrogen and oxygen atoms in total. The quantitative estimate of drug-likeness (QED) is 0.363. The molecular formula is C33H30N4O5. The molecule has 42 heavy (non-hydrogen) atoms. The van der Waals surface area contributed by atoms with E-state index >= 15 is 0 Å². The number of hydrogen-bond acceptors (Lipinski definition) is 7. The Balaban J connectivity index is 1.78. The molecule has 5 heterocycles. The summed E-state index contributed by atoms with van der Waals surface area (Å²) in [4.78, 5) is 54.5. The third-order valence-corrected chi connectivity index (χ3v) is 7.98. The second-order valence-corrected chi connectivity index (χ2v) is 10.5. The minimum absolute atomic E-state index is 0.0704. The molecule has 0 atom stereocenters. The van der Waals surface area contributed by atoms with Crippen molar-refractivity contribution in [3.63, 3.8) is 0 Å². The summed E-state index contributed by atoms with van der Waals surface area (Å²) >= 11 is 0. The van der Waals surface area contributed by atoms with Crippen LogP contribution in [0.1, 0.15) is 53.4 Å². The van der Waals surface area contributed by atoms with Crippen molar-refractivity contribution in [2.45, 2.75) is 53.4 Å². The van der Waals surface area contributed by atoms with Crippen LogP contribution >= 0.6 is 0 Å². The molecule has 5 rings (SSSR count). The molecule has 0 fully saturated rings. The molecule has 0 aromatic carbocycles. The number of aliphatic imine (C=N–C) groups is 4. The summed E-state index contributed by atoms with van der Waals surface area (Å²) in [6, 6.07) is 0. The third-order valence-electron chi connectivity index (χ3n) is 7.98. The Kier molecular flexibility index (Phi) is 7.51. The number of aliphatic carboxylic acids is 2. The fourth-order valence-corrected chi connectivity index (χ4v) is 5.50. The van der Waals surface area contributed by atoms with Crippen LogP contribution in [0.5, 0.6) is 0 Å². The normalized spacial score (nSPS) is 19.7. The van der Waals surface area contributed by atoms with Crippen LogP contribution in [-0.2, 0) is 14.4 Å². The summed E-state index contributed by atoms with van der Waals surface area (Å²) in [5, 5.41) is 18.8. The van der Waals surface area contributed by atoms with Gasteiger partial charge < -0.3 is 10.2 Å². The zero-order chi connectivity index (χ0) is 30.3. The lowest BCUT2D eigenvalue weighted by atomic mass is 9.96. The van der Waals surface area contributed by atoms with Crippen molar-refractivity contribution in [1.29, 1.82) is 0 Å². The number of allylic oxidation sites excluding steroid dienone is 12. The minimum Gasteiger partial charge on any atom is -0.481 e. The number of aldehydes is 1.